The molecule has 28 heavy (non-hydrogen) atoms. The van der Waals surface area contributed by atoms with Crippen molar-refractivity contribution in [3.63, 3.8) is 0 Å². The molecular weight excluding hydrogens is 354 g/mol. The fraction of sp³-hybridized carbons (Fsp3) is 0.0909. The average molecular weight is 371 g/mol. The van der Waals surface area contributed by atoms with Crippen molar-refractivity contribution in [3.05, 3.63) is 101 Å². The van der Waals surface area contributed by atoms with Crippen molar-refractivity contribution in [1.29, 1.82) is 0 Å². The Bertz CT molecular complexity index is 1060. The van der Waals surface area contributed by atoms with Gasteiger partial charge in [-0.25, -0.2) is 0 Å². The third-order valence-corrected chi connectivity index (χ3v) is 4.62. The van der Waals surface area contributed by atoms with Gasteiger partial charge in [-0.15, -0.1) is 0 Å². The maximum absolute atomic E-state index is 12.9. The number of Topliss-reactive ketones (excluding diaryl/α,β-unsaturated/α-hetero) is 2. The minimum Gasteiger partial charge on any atom is -0.507 e. The van der Waals surface area contributed by atoms with Crippen molar-refractivity contribution < 1.29 is 14.7 Å². The summed E-state index contributed by atoms with van der Waals surface area (Å²) in [6, 6.07) is 16.6. The molecule has 1 atom stereocenters. The molecule has 1 aliphatic carbocycles. The van der Waals surface area contributed by atoms with Crippen LogP contribution in [0.2, 0.25) is 0 Å². The SMILES string of the molecule is O=C1C(=O)c2ccccc2C(O)=C1C(NCc1ccccn1)c1ccccn1. The second-order valence-electron chi connectivity index (χ2n) is 6.36. The van der Waals surface area contributed by atoms with Crippen molar-refractivity contribution in [3.8, 4) is 0 Å². The van der Waals surface area contributed by atoms with Gasteiger partial charge in [-0.1, -0.05) is 36.4 Å². The number of nitrogens with one attached hydrogen (secondary N) is 1. The van der Waals surface area contributed by atoms with E-state index in [0.717, 1.165) is 5.69 Å². The number of benzene rings is 1. The molecule has 6 nitrogen and oxygen atoms in total. The second-order valence-corrected chi connectivity index (χ2v) is 6.36. The Morgan fingerprint density at radius 1 is 0.821 bits per heavy atom. The largest absolute Gasteiger partial charge is 0.507 e. The summed E-state index contributed by atoms with van der Waals surface area (Å²) in [4.78, 5) is 34.1. The van der Waals surface area contributed by atoms with Gasteiger partial charge in [0.15, 0.2) is 0 Å². The van der Waals surface area contributed by atoms with E-state index in [1.165, 1.54) is 0 Å². The zero-order chi connectivity index (χ0) is 19.5. The highest BCUT2D eigenvalue weighted by molar-refractivity contribution is 6.52. The van der Waals surface area contributed by atoms with Crippen molar-refractivity contribution >= 4 is 17.3 Å². The monoisotopic (exact) mass is 371 g/mol. The molecule has 1 aromatic carbocycles. The third-order valence-electron chi connectivity index (χ3n) is 4.62. The fourth-order valence-corrected chi connectivity index (χ4v) is 3.26. The first-order chi connectivity index (χ1) is 13.7. The van der Waals surface area contributed by atoms with Crippen LogP contribution in [0.3, 0.4) is 0 Å². The van der Waals surface area contributed by atoms with Crippen molar-refractivity contribution in [1.82, 2.24) is 15.3 Å². The van der Waals surface area contributed by atoms with Crippen LogP contribution in [0.15, 0.2) is 78.6 Å². The summed E-state index contributed by atoms with van der Waals surface area (Å²) in [6.45, 7) is 0.335. The number of aliphatic hydroxyl groups is 1. The molecule has 0 radical (unpaired) electrons. The van der Waals surface area contributed by atoms with E-state index in [1.807, 2.05) is 18.2 Å². The maximum atomic E-state index is 12.9. The first-order valence-electron chi connectivity index (χ1n) is 8.82. The van der Waals surface area contributed by atoms with Crippen molar-refractivity contribution in [2.45, 2.75) is 12.6 Å². The summed E-state index contributed by atoms with van der Waals surface area (Å²) >= 11 is 0. The lowest BCUT2D eigenvalue weighted by molar-refractivity contribution is -0.112. The average Bonchev–Trinajstić information content (AvgIpc) is 2.76. The van der Waals surface area contributed by atoms with Gasteiger partial charge in [0, 0.05) is 30.1 Å². The molecule has 2 N–H and O–H groups in total. The van der Waals surface area contributed by atoms with Crippen LogP contribution < -0.4 is 5.32 Å². The smallest absolute Gasteiger partial charge is 0.235 e. The molecule has 4 rings (SSSR count). The molecule has 0 spiro atoms. The van der Waals surface area contributed by atoms with Gasteiger partial charge in [0.1, 0.15) is 5.76 Å². The molecule has 0 bridgehead atoms. The van der Waals surface area contributed by atoms with E-state index in [1.54, 1.807) is 54.9 Å². The van der Waals surface area contributed by atoms with Gasteiger partial charge in [0.25, 0.3) is 0 Å². The van der Waals surface area contributed by atoms with Gasteiger partial charge < -0.3 is 5.11 Å². The number of nitrogens with zero attached hydrogens (tertiary/aromatic N) is 2. The Kier molecular flexibility index (Phi) is 4.78. The Labute approximate surface area is 161 Å². The molecule has 138 valence electrons. The number of hydrogen-bond donors (Lipinski definition) is 2. The molecule has 3 aromatic rings. The van der Waals surface area contributed by atoms with Crippen molar-refractivity contribution in [2.75, 3.05) is 0 Å². The number of carbonyl (C=O) groups is 2. The molecule has 0 fully saturated rings. The van der Waals surface area contributed by atoms with Gasteiger partial charge in [0.05, 0.1) is 23.0 Å². The standard InChI is InChI=1S/C22H17N3O3/c26-20-15-8-1-2-9-16(15)21(27)22(28)18(20)19(17-10-4-6-12-24-17)25-13-14-7-3-5-11-23-14/h1-12,19,25-26H,13H2. The summed E-state index contributed by atoms with van der Waals surface area (Å²) < 4.78 is 0. The number of rotatable bonds is 5. The summed E-state index contributed by atoms with van der Waals surface area (Å²) in [5.74, 6) is -1.58. The fourth-order valence-electron chi connectivity index (χ4n) is 3.26. The lowest BCUT2D eigenvalue weighted by atomic mass is 9.84. The quantitative estimate of drug-likeness (QED) is 0.670. The Morgan fingerprint density at radius 3 is 2.18 bits per heavy atom. The minimum absolute atomic E-state index is 0.00155. The topological polar surface area (TPSA) is 92.2 Å². The summed E-state index contributed by atoms with van der Waals surface area (Å²) in [7, 11) is 0. The second kappa shape index (κ2) is 7.54. The van der Waals surface area contributed by atoms with Crippen LogP contribution in [0.25, 0.3) is 5.76 Å². The van der Waals surface area contributed by atoms with E-state index in [0.29, 0.717) is 17.8 Å². The highest BCUT2D eigenvalue weighted by Crippen LogP contribution is 2.34. The number of fused-ring (bicyclic) bond motifs is 1. The zero-order valence-corrected chi connectivity index (χ0v) is 14.9. The predicted octanol–water partition coefficient (Wildman–Crippen LogP) is 3.04. The van der Waals surface area contributed by atoms with Gasteiger partial charge in [-0.2, -0.15) is 0 Å². The molecule has 6 heteroatoms. The van der Waals surface area contributed by atoms with Gasteiger partial charge in [-0.05, 0) is 24.3 Å². The van der Waals surface area contributed by atoms with Crippen LogP contribution in [-0.2, 0) is 11.3 Å². The van der Waals surface area contributed by atoms with E-state index in [-0.39, 0.29) is 16.9 Å². The number of carbonyl (C=O) groups excluding carboxylic acids is 2. The van der Waals surface area contributed by atoms with E-state index in [2.05, 4.69) is 15.3 Å². The molecule has 0 saturated carbocycles. The van der Waals surface area contributed by atoms with Crippen LogP contribution in [0.5, 0.6) is 0 Å². The highest BCUT2D eigenvalue weighted by Gasteiger charge is 2.37. The van der Waals surface area contributed by atoms with Gasteiger partial charge >= 0.3 is 0 Å². The minimum atomic E-state index is -0.756. The highest BCUT2D eigenvalue weighted by atomic mass is 16.3. The summed E-state index contributed by atoms with van der Waals surface area (Å²) in [6.07, 6.45) is 3.28. The Hall–Kier alpha value is -3.64. The van der Waals surface area contributed by atoms with E-state index in [9.17, 15) is 14.7 Å². The number of aliphatic hydroxyl groups excluding tert-OH is 1. The van der Waals surface area contributed by atoms with Crippen LogP contribution >= 0.6 is 0 Å². The normalized spacial score (nSPS) is 14.7. The molecular formula is C22H17N3O3. The predicted molar refractivity (Wildman–Crippen MR) is 103 cm³/mol. The molecule has 2 aromatic heterocycles. The van der Waals surface area contributed by atoms with E-state index in [4.69, 9.17) is 0 Å². The van der Waals surface area contributed by atoms with Gasteiger partial charge in [0.2, 0.25) is 11.6 Å². The molecule has 1 unspecified atom stereocenters. The number of pyridine rings is 2. The van der Waals surface area contributed by atoms with Crippen LogP contribution in [0, 0.1) is 0 Å². The lowest BCUT2D eigenvalue weighted by Crippen LogP contribution is -2.34. The van der Waals surface area contributed by atoms with Gasteiger partial charge in [-0.3, -0.25) is 24.9 Å². The number of aromatic nitrogens is 2. The Morgan fingerprint density at radius 2 is 1.50 bits per heavy atom. The van der Waals surface area contributed by atoms with Crippen LogP contribution in [0.1, 0.15) is 33.4 Å². The molecule has 0 aliphatic heterocycles. The molecule has 0 saturated heterocycles. The first kappa shape index (κ1) is 17.8. The number of ketones is 2. The Balaban J connectivity index is 1.79. The summed E-state index contributed by atoms with van der Waals surface area (Å²) in [5, 5.41) is 14.1. The molecule has 2 heterocycles. The zero-order valence-electron chi connectivity index (χ0n) is 14.9. The summed E-state index contributed by atoms with van der Waals surface area (Å²) in [5.41, 5.74) is 1.85. The van der Waals surface area contributed by atoms with Crippen molar-refractivity contribution in [2.24, 2.45) is 0 Å². The van der Waals surface area contributed by atoms with Crippen LogP contribution in [-0.4, -0.2) is 26.6 Å². The maximum Gasteiger partial charge on any atom is 0.235 e. The lowest BCUT2D eigenvalue weighted by Gasteiger charge is -2.25. The number of hydrogen-bond acceptors (Lipinski definition) is 6. The third kappa shape index (κ3) is 3.21. The first-order valence-corrected chi connectivity index (χ1v) is 8.82. The van der Waals surface area contributed by atoms with E-state index < -0.39 is 17.6 Å². The molecule has 0 amide bonds. The van der Waals surface area contributed by atoms with Crippen LogP contribution in [0.4, 0.5) is 0 Å². The van der Waals surface area contributed by atoms with E-state index >= 15 is 0 Å². The molecule has 1 aliphatic rings.